The van der Waals surface area contributed by atoms with E-state index < -0.39 is 0 Å². The van der Waals surface area contributed by atoms with Gasteiger partial charge in [-0.1, -0.05) is 12.8 Å². The predicted octanol–water partition coefficient (Wildman–Crippen LogP) is 2.49. The standard InChI is InChI=1S/C8H14S/c9-8-4-6-1-2-7(3-6)5-8/h6-9H,1-5H2. The Morgan fingerprint density at radius 2 is 1.44 bits per heavy atom. The number of hydrogen-bond donors (Lipinski definition) is 1. The fraction of sp³-hybridized carbons (Fsp3) is 1.00. The molecule has 0 N–H and O–H groups in total. The molecule has 0 saturated heterocycles. The smallest absolute Gasteiger partial charge is 0.00220 e. The van der Waals surface area contributed by atoms with Gasteiger partial charge in [-0.05, 0) is 31.1 Å². The summed E-state index contributed by atoms with van der Waals surface area (Å²) in [5.74, 6) is 2.12. The summed E-state index contributed by atoms with van der Waals surface area (Å²) < 4.78 is 0. The van der Waals surface area contributed by atoms with E-state index >= 15 is 0 Å². The summed E-state index contributed by atoms with van der Waals surface area (Å²) in [6.07, 6.45) is 7.33. The molecule has 0 aromatic rings. The minimum Gasteiger partial charge on any atom is -0.176 e. The fourth-order valence-corrected chi connectivity index (χ4v) is 3.07. The van der Waals surface area contributed by atoms with E-state index in [1.165, 1.54) is 32.1 Å². The van der Waals surface area contributed by atoms with E-state index in [0.717, 1.165) is 17.1 Å². The van der Waals surface area contributed by atoms with E-state index in [1.54, 1.807) is 0 Å². The molecule has 1 heteroatoms. The summed E-state index contributed by atoms with van der Waals surface area (Å²) in [6, 6.07) is 0. The highest BCUT2D eigenvalue weighted by Crippen LogP contribution is 2.43. The Morgan fingerprint density at radius 1 is 0.889 bits per heavy atom. The van der Waals surface area contributed by atoms with Gasteiger partial charge in [0, 0.05) is 5.25 Å². The number of hydrogen-bond acceptors (Lipinski definition) is 1. The lowest BCUT2D eigenvalue weighted by molar-refractivity contribution is 0.369. The van der Waals surface area contributed by atoms with Crippen molar-refractivity contribution in [2.24, 2.45) is 11.8 Å². The Hall–Kier alpha value is 0.350. The zero-order valence-corrected chi connectivity index (χ0v) is 6.61. The third-order valence-corrected chi connectivity index (χ3v) is 3.28. The van der Waals surface area contributed by atoms with E-state index in [0.29, 0.717) is 0 Å². The van der Waals surface area contributed by atoms with Gasteiger partial charge in [0.05, 0.1) is 0 Å². The Labute approximate surface area is 62.4 Å². The summed E-state index contributed by atoms with van der Waals surface area (Å²) in [5.41, 5.74) is 0. The second-order valence-electron chi connectivity index (χ2n) is 3.67. The van der Waals surface area contributed by atoms with Crippen LogP contribution in [-0.4, -0.2) is 5.25 Å². The molecule has 0 aromatic carbocycles. The minimum absolute atomic E-state index is 0.747. The molecule has 2 bridgehead atoms. The van der Waals surface area contributed by atoms with Crippen LogP contribution in [0.1, 0.15) is 32.1 Å². The van der Waals surface area contributed by atoms with Crippen LogP contribution in [0, 0.1) is 11.8 Å². The maximum atomic E-state index is 4.52. The van der Waals surface area contributed by atoms with Crippen LogP contribution in [0.25, 0.3) is 0 Å². The highest BCUT2D eigenvalue weighted by atomic mass is 32.1. The molecule has 0 nitrogen and oxygen atoms in total. The van der Waals surface area contributed by atoms with E-state index in [4.69, 9.17) is 0 Å². The Balaban J connectivity index is 2.03. The van der Waals surface area contributed by atoms with Crippen molar-refractivity contribution < 1.29 is 0 Å². The van der Waals surface area contributed by atoms with Crippen LogP contribution in [0.3, 0.4) is 0 Å². The van der Waals surface area contributed by atoms with E-state index in [-0.39, 0.29) is 0 Å². The SMILES string of the molecule is SC1CC2CCC(C1)C2. The zero-order valence-electron chi connectivity index (χ0n) is 5.71. The van der Waals surface area contributed by atoms with Crippen LogP contribution in [0.4, 0.5) is 0 Å². The molecule has 0 radical (unpaired) electrons. The average Bonchev–Trinajstić information content (AvgIpc) is 2.11. The molecule has 0 aliphatic heterocycles. The van der Waals surface area contributed by atoms with Crippen LogP contribution in [0.2, 0.25) is 0 Å². The highest BCUT2D eigenvalue weighted by molar-refractivity contribution is 7.80. The number of thiol groups is 1. The Kier molecular flexibility index (Phi) is 1.48. The first-order chi connectivity index (χ1) is 4.34. The van der Waals surface area contributed by atoms with E-state index in [1.807, 2.05) is 0 Å². The molecule has 2 rings (SSSR count). The molecule has 0 spiro atoms. The van der Waals surface area contributed by atoms with Gasteiger partial charge >= 0.3 is 0 Å². The summed E-state index contributed by atoms with van der Waals surface area (Å²) >= 11 is 4.52. The second kappa shape index (κ2) is 2.19. The predicted molar refractivity (Wildman–Crippen MR) is 42.8 cm³/mol. The molecular formula is C8H14S. The third-order valence-electron chi connectivity index (χ3n) is 2.86. The minimum atomic E-state index is 0.747. The molecule has 2 aliphatic rings. The van der Waals surface area contributed by atoms with Gasteiger partial charge in [-0.25, -0.2) is 0 Å². The molecule has 0 amide bonds. The first kappa shape index (κ1) is 6.09. The lowest BCUT2D eigenvalue weighted by Gasteiger charge is -2.23. The van der Waals surface area contributed by atoms with E-state index in [9.17, 15) is 0 Å². The lowest BCUT2D eigenvalue weighted by atomic mass is 9.89. The number of fused-ring (bicyclic) bond motifs is 2. The molecule has 2 aliphatic carbocycles. The molecule has 0 heterocycles. The van der Waals surface area contributed by atoms with Gasteiger partial charge in [-0.3, -0.25) is 0 Å². The van der Waals surface area contributed by atoms with Gasteiger partial charge in [-0.2, -0.15) is 12.6 Å². The zero-order chi connectivity index (χ0) is 6.27. The van der Waals surface area contributed by atoms with Gasteiger partial charge in [0.2, 0.25) is 0 Å². The molecule has 0 aromatic heterocycles. The normalized spacial score (nSPS) is 49.7. The van der Waals surface area contributed by atoms with Crippen molar-refractivity contribution in [2.75, 3.05) is 0 Å². The van der Waals surface area contributed by atoms with Crippen LogP contribution in [0.5, 0.6) is 0 Å². The van der Waals surface area contributed by atoms with Crippen molar-refractivity contribution in [3.05, 3.63) is 0 Å². The van der Waals surface area contributed by atoms with Gasteiger partial charge in [0.25, 0.3) is 0 Å². The van der Waals surface area contributed by atoms with Crippen LogP contribution < -0.4 is 0 Å². The molecular weight excluding hydrogens is 128 g/mol. The molecule has 2 unspecified atom stereocenters. The van der Waals surface area contributed by atoms with Crippen molar-refractivity contribution >= 4 is 12.6 Å². The van der Waals surface area contributed by atoms with Crippen LogP contribution >= 0.6 is 12.6 Å². The largest absolute Gasteiger partial charge is 0.176 e. The third kappa shape index (κ3) is 1.12. The lowest BCUT2D eigenvalue weighted by Crippen LogP contribution is -2.15. The maximum Gasteiger partial charge on any atom is 0.00220 e. The summed E-state index contributed by atoms with van der Waals surface area (Å²) in [5, 5.41) is 0.747. The Bertz CT molecular complexity index is 99.1. The van der Waals surface area contributed by atoms with Crippen LogP contribution in [0.15, 0.2) is 0 Å². The monoisotopic (exact) mass is 142 g/mol. The molecule has 2 atom stereocenters. The summed E-state index contributed by atoms with van der Waals surface area (Å²) in [7, 11) is 0. The van der Waals surface area contributed by atoms with Crippen molar-refractivity contribution in [1.82, 2.24) is 0 Å². The first-order valence-electron chi connectivity index (χ1n) is 4.02. The van der Waals surface area contributed by atoms with Crippen molar-refractivity contribution in [1.29, 1.82) is 0 Å². The summed E-state index contributed by atoms with van der Waals surface area (Å²) in [4.78, 5) is 0. The molecule has 2 fully saturated rings. The van der Waals surface area contributed by atoms with Gasteiger partial charge in [0.15, 0.2) is 0 Å². The maximum absolute atomic E-state index is 4.52. The fourth-order valence-electron chi connectivity index (χ4n) is 2.47. The highest BCUT2D eigenvalue weighted by Gasteiger charge is 2.32. The molecule has 9 heavy (non-hydrogen) atoms. The topological polar surface area (TPSA) is 0 Å². The van der Waals surface area contributed by atoms with Gasteiger partial charge < -0.3 is 0 Å². The summed E-state index contributed by atoms with van der Waals surface area (Å²) in [6.45, 7) is 0. The number of rotatable bonds is 0. The van der Waals surface area contributed by atoms with Crippen molar-refractivity contribution in [3.8, 4) is 0 Å². The average molecular weight is 142 g/mol. The Morgan fingerprint density at radius 3 is 2.00 bits per heavy atom. The molecule has 2 saturated carbocycles. The van der Waals surface area contributed by atoms with Crippen LogP contribution in [-0.2, 0) is 0 Å². The molecule has 52 valence electrons. The van der Waals surface area contributed by atoms with Gasteiger partial charge in [0.1, 0.15) is 0 Å². The van der Waals surface area contributed by atoms with E-state index in [2.05, 4.69) is 12.6 Å². The van der Waals surface area contributed by atoms with Crippen molar-refractivity contribution in [3.63, 3.8) is 0 Å². The van der Waals surface area contributed by atoms with Crippen molar-refractivity contribution in [2.45, 2.75) is 37.4 Å². The quantitative estimate of drug-likeness (QED) is 0.494. The first-order valence-corrected chi connectivity index (χ1v) is 4.54. The second-order valence-corrected chi connectivity index (χ2v) is 4.40. The van der Waals surface area contributed by atoms with Gasteiger partial charge in [-0.15, -0.1) is 0 Å².